The lowest BCUT2D eigenvalue weighted by Gasteiger charge is -2.25. The van der Waals surface area contributed by atoms with Crippen LogP contribution < -0.4 is 15.8 Å². The second-order valence-corrected chi connectivity index (χ2v) is 7.46. The lowest BCUT2D eigenvalue weighted by atomic mass is 10.2. The van der Waals surface area contributed by atoms with Crippen molar-refractivity contribution in [2.75, 3.05) is 31.2 Å². The second-order valence-electron chi connectivity index (χ2n) is 5.66. The van der Waals surface area contributed by atoms with Gasteiger partial charge in [-0.15, -0.1) is 0 Å². The highest BCUT2D eigenvalue weighted by Gasteiger charge is 2.21. The molecule has 27 heavy (non-hydrogen) atoms. The number of thiazole rings is 1. The number of ether oxygens (including phenoxy) is 1. The summed E-state index contributed by atoms with van der Waals surface area (Å²) in [6.45, 7) is 4.32. The van der Waals surface area contributed by atoms with Crippen LogP contribution in [-0.2, 0) is 4.74 Å². The number of hydrogen-bond donors (Lipinski definition) is 2. The van der Waals surface area contributed by atoms with Gasteiger partial charge < -0.3 is 9.64 Å². The maximum atomic E-state index is 13.5. The Morgan fingerprint density at radius 3 is 2.56 bits per heavy atom. The molecule has 0 bridgehead atoms. The zero-order valence-corrected chi connectivity index (χ0v) is 16.5. The molecule has 1 aliphatic heterocycles. The fourth-order valence-corrected chi connectivity index (χ4v) is 3.90. The summed E-state index contributed by atoms with van der Waals surface area (Å²) < 4.78 is 18.8. The molecule has 144 valence electrons. The molecule has 1 aromatic carbocycles. The number of nitrogens with one attached hydrogen (secondary N) is 2. The minimum atomic E-state index is -0.786. The number of nitrogens with zero attached hydrogens (tertiary/aromatic N) is 2. The Bertz CT molecular complexity index is 887. The number of rotatable bonds is 3. The van der Waals surface area contributed by atoms with Gasteiger partial charge in [0.2, 0.25) is 0 Å². The van der Waals surface area contributed by atoms with Crippen LogP contribution >= 0.6 is 34.5 Å². The average molecular weight is 433 g/mol. The number of hydrogen-bond acceptors (Lipinski definition) is 6. The topological polar surface area (TPSA) is 83.6 Å². The molecule has 0 saturated carbocycles. The van der Waals surface area contributed by atoms with E-state index in [-0.39, 0.29) is 15.6 Å². The number of anilines is 1. The van der Waals surface area contributed by atoms with Crippen molar-refractivity contribution in [3.63, 3.8) is 0 Å². The molecule has 7 nitrogen and oxygen atoms in total. The average Bonchev–Trinajstić information content (AvgIpc) is 3.05. The number of amides is 2. The highest BCUT2D eigenvalue weighted by molar-refractivity contribution is 7.17. The summed E-state index contributed by atoms with van der Waals surface area (Å²) in [5.74, 6) is -2.08. The molecule has 2 heterocycles. The Labute approximate surface area is 168 Å². The highest BCUT2D eigenvalue weighted by atomic mass is 35.5. The Balaban J connectivity index is 1.66. The molecular formula is C16H15Cl2FN4O3S. The van der Waals surface area contributed by atoms with Crippen molar-refractivity contribution >= 4 is 51.5 Å². The van der Waals surface area contributed by atoms with Gasteiger partial charge in [0.25, 0.3) is 11.8 Å². The van der Waals surface area contributed by atoms with Gasteiger partial charge >= 0.3 is 0 Å². The van der Waals surface area contributed by atoms with Crippen LogP contribution in [0.3, 0.4) is 0 Å². The van der Waals surface area contributed by atoms with Crippen molar-refractivity contribution in [2.45, 2.75) is 6.92 Å². The number of benzene rings is 1. The Morgan fingerprint density at radius 2 is 1.85 bits per heavy atom. The zero-order chi connectivity index (χ0) is 19.6. The number of aryl methyl sites for hydroxylation is 1. The van der Waals surface area contributed by atoms with Crippen LogP contribution in [0.5, 0.6) is 0 Å². The van der Waals surface area contributed by atoms with Gasteiger partial charge in [-0.05, 0) is 19.1 Å². The predicted octanol–water partition coefficient (Wildman–Crippen LogP) is 2.81. The summed E-state index contributed by atoms with van der Waals surface area (Å²) in [4.78, 5) is 31.3. The number of carbonyl (C=O) groups excluding carboxylic acids is 2. The maximum Gasteiger partial charge on any atom is 0.281 e. The molecule has 0 atom stereocenters. The van der Waals surface area contributed by atoms with Crippen molar-refractivity contribution in [1.82, 2.24) is 15.8 Å². The Hall–Kier alpha value is -1.94. The zero-order valence-electron chi connectivity index (χ0n) is 14.1. The summed E-state index contributed by atoms with van der Waals surface area (Å²) >= 11 is 12.7. The molecular weight excluding hydrogens is 418 g/mol. The van der Waals surface area contributed by atoms with Gasteiger partial charge in [-0.1, -0.05) is 34.5 Å². The molecule has 0 unspecified atom stereocenters. The molecule has 0 radical (unpaired) electrons. The van der Waals surface area contributed by atoms with Crippen LogP contribution in [0.15, 0.2) is 12.1 Å². The van der Waals surface area contributed by atoms with E-state index < -0.39 is 17.6 Å². The molecule has 3 rings (SSSR count). The lowest BCUT2D eigenvalue weighted by Crippen LogP contribution is -2.41. The summed E-state index contributed by atoms with van der Waals surface area (Å²) in [6, 6.07) is 2.03. The van der Waals surface area contributed by atoms with E-state index in [1.54, 1.807) is 6.92 Å². The largest absolute Gasteiger partial charge is 0.378 e. The summed E-state index contributed by atoms with van der Waals surface area (Å²) in [5.41, 5.74) is 4.90. The van der Waals surface area contributed by atoms with Gasteiger partial charge in [-0.2, -0.15) is 0 Å². The molecule has 1 saturated heterocycles. The third-order valence-electron chi connectivity index (χ3n) is 3.82. The first kappa shape index (κ1) is 19.8. The van der Waals surface area contributed by atoms with Crippen molar-refractivity contribution in [3.8, 4) is 0 Å². The van der Waals surface area contributed by atoms with E-state index in [0.29, 0.717) is 36.9 Å². The van der Waals surface area contributed by atoms with Gasteiger partial charge in [-0.25, -0.2) is 9.37 Å². The third-order valence-corrected chi connectivity index (χ3v) is 5.64. The Kier molecular flexibility index (Phi) is 6.15. The van der Waals surface area contributed by atoms with Crippen molar-refractivity contribution in [1.29, 1.82) is 0 Å². The number of carbonyl (C=O) groups is 2. The van der Waals surface area contributed by atoms with E-state index in [1.807, 2.05) is 4.90 Å². The number of aromatic nitrogens is 1. The number of hydrazine groups is 1. The summed E-state index contributed by atoms with van der Waals surface area (Å²) in [5, 5.41) is 0.489. The van der Waals surface area contributed by atoms with Crippen molar-refractivity contribution in [3.05, 3.63) is 44.1 Å². The first-order chi connectivity index (χ1) is 12.9. The fraction of sp³-hybridized carbons (Fsp3) is 0.312. The standard InChI is InChI=1S/C16H15Cl2FN4O3S/c1-8-13(27-16(20-8)23-2-4-26-5-3-23)15(25)22-21-14(24)9-6-12(19)11(18)7-10(9)17/h6-7H,2-5H2,1H3,(H,21,24)(H,22,25). The highest BCUT2D eigenvalue weighted by Crippen LogP contribution is 2.27. The van der Waals surface area contributed by atoms with Crippen LogP contribution in [0, 0.1) is 12.7 Å². The molecule has 2 amide bonds. The van der Waals surface area contributed by atoms with Crippen LogP contribution in [0.25, 0.3) is 0 Å². The first-order valence-corrected chi connectivity index (χ1v) is 9.49. The smallest absolute Gasteiger partial charge is 0.281 e. The fourth-order valence-electron chi connectivity index (χ4n) is 2.42. The van der Waals surface area contributed by atoms with Gasteiger partial charge in [0.1, 0.15) is 10.7 Å². The van der Waals surface area contributed by atoms with E-state index in [2.05, 4.69) is 15.8 Å². The van der Waals surface area contributed by atoms with E-state index in [9.17, 15) is 14.0 Å². The van der Waals surface area contributed by atoms with Gasteiger partial charge in [0.15, 0.2) is 5.13 Å². The molecule has 2 N–H and O–H groups in total. The molecule has 11 heteroatoms. The van der Waals surface area contributed by atoms with E-state index in [0.717, 1.165) is 17.3 Å². The lowest BCUT2D eigenvalue weighted by molar-refractivity contribution is 0.0848. The first-order valence-electron chi connectivity index (χ1n) is 7.92. The van der Waals surface area contributed by atoms with Crippen molar-refractivity contribution in [2.24, 2.45) is 0 Å². The van der Waals surface area contributed by atoms with E-state index in [4.69, 9.17) is 27.9 Å². The molecule has 0 aliphatic carbocycles. The van der Waals surface area contributed by atoms with Crippen molar-refractivity contribution < 1.29 is 18.7 Å². The van der Waals surface area contributed by atoms with Crippen LogP contribution in [0.2, 0.25) is 10.0 Å². The minimum absolute atomic E-state index is 0.0308. The minimum Gasteiger partial charge on any atom is -0.378 e. The number of morpholine rings is 1. The predicted molar refractivity (Wildman–Crippen MR) is 101 cm³/mol. The molecule has 1 aliphatic rings. The van der Waals surface area contributed by atoms with Crippen LogP contribution in [0.4, 0.5) is 9.52 Å². The summed E-state index contributed by atoms with van der Waals surface area (Å²) in [7, 11) is 0. The maximum absolute atomic E-state index is 13.5. The monoisotopic (exact) mass is 432 g/mol. The van der Waals surface area contributed by atoms with Gasteiger partial charge in [0, 0.05) is 13.1 Å². The molecule has 0 spiro atoms. The third kappa shape index (κ3) is 4.49. The molecule has 1 fully saturated rings. The van der Waals surface area contributed by atoms with E-state index in [1.165, 1.54) is 11.3 Å². The summed E-state index contributed by atoms with van der Waals surface area (Å²) in [6.07, 6.45) is 0. The molecule has 2 aromatic rings. The van der Waals surface area contributed by atoms with Gasteiger partial charge in [0.05, 0.1) is 34.5 Å². The van der Waals surface area contributed by atoms with Gasteiger partial charge in [-0.3, -0.25) is 20.4 Å². The molecule has 1 aromatic heterocycles. The second kappa shape index (κ2) is 8.39. The Morgan fingerprint density at radius 1 is 1.19 bits per heavy atom. The normalized spacial score (nSPS) is 14.1. The van der Waals surface area contributed by atoms with Crippen LogP contribution in [0.1, 0.15) is 25.7 Å². The van der Waals surface area contributed by atoms with Crippen LogP contribution in [-0.4, -0.2) is 43.1 Å². The SMILES string of the molecule is Cc1nc(N2CCOCC2)sc1C(=O)NNC(=O)c1cc(F)c(Cl)cc1Cl. The van der Waals surface area contributed by atoms with E-state index >= 15 is 0 Å². The quantitative estimate of drug-likeness (QED) is 0.575. The number of halogens is 3.